The lowest BCUT2D eigenvalue weighted by Crippen LogP contribution is -1.97. The Morgan fingerprint density at radius 2 is 0.889 bits per heavy atom. The highest BCUT2D eigenvalue weighted by molar-refractivity contribution is 4.50. The molecule has 0 saturated carbocycles. The molecule has 0 aromatic heterocycles. The summed E-state index contributed by atoms with van der Waals surface area (Å²) < 4.78 is 0. The van der Waals surface area contributed by atoms with Crippen molar-refractivity contribution in [2.75, 3.05) is 6.54 Å². The van der Waals surface area contributed by atoms with Crippen LogP contribution in [0.5, 0.6) is 0 Å². The molecule has 0 aliphatic rings. The highest BCUT2D eigenvalue weighted by Gasteiger charge is 1.95. The summed E-state index contributed by atoms with van der Waals surface area (Å²) in [5.74, 6) is 0.893. The van der Waals surface area contributed by atoms with Crippen LogP contribution in [0.3, 0.4) is 0 Å². The van der Waals surface area contributed by atoms with Crippen LogP contribution in [0.15, 0.2) is 0 Å². The first-order chi connectivity index (χ1) is 8.77. The van der Waals surface area contributed by atoms with Crippen molar-refractivity contribution in [3.63, 3.8) is 0 Å². The Labute approximate surface area is 116 Å². The van der Waals surface area contributed by atoms with Gasteiger partial charge in [-0.3, -0.25) is 0 Å². The van der Waals surface area contributed by atoms with Gasteiger partial charge in [-0.15, -0.1) is 0 Å². The maximum absolute atomic E-state index is 5.48. The third kappa shape index (κ3) is 16.0. The minimum absolute atomic E-state index is 0.872. The first kappa shape index (κ1) is 18.0. The van der Waals surface area contributed by atoms with Gasteiger partial charge >= 0.3 is 0 Å². The van der Waals surface area contributed by atoms with Crippen molar-refractivity contribution in [2.24, 2.45) is 11.7 Å². The summed E-state index contributed by atoms with van der Waals surface area (Å²) in [5, 5.41) is 0. The summed E-state index contributed by atoms with van der Waals surface area (Å²) in [6.45, 7) is 5.53. The Kier molecular flexibility index (Phi) is 15.0. The molecule has 18 heavy (non-hydrogen) atoms. The zero-order valence-electron chi connectivity index (χ0n) is 13.1. The molecule has 0 unspecified atom stereocenters. The van der Waals surface area contributed by atoms with Crippen molar-refractivity contribution in [1.82, 2.24) is 0 Å². The fourth-order valence-corrected chi connectivity index (χ4v) is 2.46. The molecular formula is C17H37N. The van der Waals surface area contributed by atoms with Gasteiger partial charge in [-0.2, -0.15) is 0 Å². The van der Waals surface area contributed by atoms with E-state index in [4.69, 9.17) is 5.73 Å². The molecule has 0 rings (SSSR count). The number of rotatable bonds is 14. The van der Waals surface area contributed by atoms with Crippen molar-refractivity contribution in [1.29, 1.82) is 0 Å². The maximum Gasteiger partial charge on any atom is -0.00773 e. The van der Waals surface area contributed by atoms with Gasteiger partial charge in [0, 0.05) is 0 Å². The average molecular weight is 255 g/mol. The van der Waals surface area contributed by atoms with Gasteiger partial charge in [-0.1, -0.05) is 90.9 Å². The Hall–Kier alpha value is -0.0400. The van der Waals surface area contributed by atoms with Gasteiger partial charge in [0.15, 0.2) is 0 Å². The van der Waals surface area contributed by atoms with E-state index in [-0.39, 0.29) is 0 Å². The maximum atomic E-state index is 5.48. The van der Waals surface area contributed by atoms with Crippen LogP contribution in [0.2, 0.25) is 0 Å². The predicted molar refractivity (Wildman–Crippen MR) is 83.9 cm³/mol. The molecule has 0 aromatic carbocycles. The molecule has 0 radical (unpaired) electrons. The minimum atomic E-state index is 0.872. The standard InChI is InChI=1S/C17H37N/c1-17(2)15-13-11-9-7-5-3-4-6-8-10-12-14-16-18/h17H,3-16,18H2,1-2H3. The molecule has 0 atom stereocenters. The first-order valence-electron chi connectivity index (χ1n) is 8.47. The summed E-state index contributed by atoms with van der Waals surface area (Å²) in [5.41, 5.74) is 5.48. The van der Waals surface area contributed by atoms with Crippen LogP contribution in [0.4, 0.5) is 0 Å². The molecule has 1 heteroatoms. The number of nitrogens with two attached hydrogens (primary N) is 1. The van der Waals surface area contributed by atoms with E-state index in [1.807, 2.05) is 0 Å². The second kappa shape index (κ2) is 15.0. The van der Waals surface area contributed by atoms with Crippen LogP contribution in [-0.2, 0) is 0 Å². The summed E-state index contributed by atoms with van der Waals surface area (Å²) in [4.78, 5) is 0. The van der Waals surface area contributed by atoms with Crippen molar-refractivity contribution in [3.8, 4) is 0 Å². The van der Waals surface area contributed by atoms with Gasteiger partial charge in [0.1, 0.15) is 0 Å². The van der Waals surface area contributed by atoms with Gasteiger partial charge in [-0.05, 0) is 18.9 Å². The van der Waals surface area contributed by atoms with Crippen LogP contribution in [-0.4, -0.2) is 6.54 Å². The van der Waals surface area contributed by atoms with E-state index in [9.17, 15) is 0 Å². The van der Waals surface area contributed by atoms with E-state index in [1.165, 1.54) is 83.5 Å². The summed E-state index contributed by atoms with van der Waals surface area (Å²) in [6, 6.07) is 0. The van der Waals surface area contributed by atoms with Gasteiger partial charge in [0.25, 0.3) is 0 Å². The highest BCUT2D eigenvalue weighted by atomic mass is 14.5. The quantitative estimate of drug-likeness (QED) is 0.397. The van der Waals surface area contributed by atoms with E-state index >= 15 is 0 Å². The molecule has 110 valence electrons. The lowest BCUT2D eigenvalue weighted by molar-refractivity contribution is 0.503. The Morgan fingerprint density at radius 3 is 1.22 bits per heavy atom. The molecule has 0 bridgehead atoms. The second-order valence-corrected chi connectivity index (χ2v) is 6.21. The summed E-state index contributed by atoms with van der Waals surface area (Å²) >= 11 is 0. The lowest BCUT2D eigenvalue weighted by Gasteiger charge is -2.04. The van der Waals surface area contributed by atoms with Crippen LogP contribution in [0.25, 0.3) is 0 Å². The molecule has 0 aromatic rings. The summed E-state index contributed by atoms with van der Waals surface area (Å²) in [7, 11) is 0. The largest absolute Gasteiger partial charge is 0.330 e. The molecule has 0 spiro atoms. The fourth-order valence-electron chi connectivity index (χ4n) is 2.46. The van der Waals surface area contributed by atoms with E-state index in [0.717, 1.165) is 12.5 Å². The predicted octanol–water partition coefficient (Wildman–Crippen LogP) is 5.67. The smallest absolute Gasteiger partial charge is 0.00773 e. The van der Waals surface area contributed by atoms with E-state index in [1.54, 1.807) is 0 Å². The molecule has 0 aliphatic heterocycles. The molecular weight excluding hydrogens is 218 g/mol. The molecule has 0 saturated heterocycles. The zero-order valence-corrected chi connectivity index (χ0v) is 13.1. The first-order valence-corrected chi connectivity index (χ1v) is 8.47. The topological polar surface area (TPSA) is 26.0 Å². The van der Waals surface area contributed by atoms with Crippen LogP contribution in [0.1, 0.15) is 97.3 Å². The second-order valence-electron chi connectivity index (χ2n) is 6.21. The van der Waals surface area contributed by atoms with Crippen molar-refractivity contribution in [3.05, 3.63) is 0 Å². The number of unbranched alkanes of at least 4 members (excludes halogenated alkanes) is 11. The van der Waals surface area contributed by atoms with E-state index in [2.05, 4.69) is 13.8 Å². The SMILES string of the molecule is CC(C)CCCCCCCCCCCCCCN. The molecule has 0 heterocycles. The minimum Gasteiger partial charge on any atom is -0.330 e. The van der Waals surface area contributed by atoms with Crippen LogP contribution in [0, 0.1) is 5.92 Å². The van der Waals surface area contributed by atoms with Gasteiger partial charge in [0.05, 0.1) is 0 Å². The van der Waals surface area contributed by atoms with Gasteiger partial charge < -0.3 is 5.73 Å². The average Bonchev–Trinajstić information content (AvgIpc) is 2.34. The molecule has 0 aliphatic carbocycles. The van der Waals surface area contributed by atoms with E-state index in [0.29, 0.717) is 0 Å². The molecule has 2 N–H and O–H groups in total. The molecule has 0 fully saturated rings. The van der Waals surface area contributed by atoms with E-state index < -0.39 is 0 Å². The monoisotopic (exact) mass is 255 g/mol. The fraction of sp³-hybridized carbons (Fsp3) is 1.00. The normalized spacial score (nSPS) is 11.3. The van der Waals surface area contributed by atoms with Crippen LogP contribution >= 0.6 is 0 Å². The van der Waals surface area contributed by atoms with Gasteiger partial charge in [-0.25, -0.2) is 0 Å². The third-order valence-corrected chi connectivity index (χ3v) is 3.74. The Morgan fingerprint density at radius 1 is 0.556 bits per heavy atom. The Bertz CT molecular complexity index is 143. The molecule has 0 amide bonds. The molecule has 1 nitrogen and oxygen atoms in total. The summed E-state index contributed by atoms with van der Waals surface area (Å²) in [6.07, 6.45) is 18.4. The zero-order chi connectivity index (χ0) is 13.5. The number of hydrogen-bond donors (Lipinski definition) is 1. The Balaban J connectivity index is 2.90. The number of hydrogen-bond acceptors (Lipinski definition) is 1. The third-order valence-electron chi connectivity index (χ3n) is 3.74. The van der Waals surface area contributed by atoms with Crippen molar-refractivity contribution >= 4 is 0 Å². The highest BCUT2D eigenvalue weighted by Crippen LogP contribution is 2.13. The van der Waals surface area contributed by atoms with Crippen molar-refractivity contribution in [2.45, 2.75) is 97.3 Å². The van der Waals surface area contributed by atoms with Crippen LogP contribution < -0.4 is 5.73 Å². The lowest BCUT2D eigenvalue weighted by atomic mass is 10.0. The van der Waals surface area contributed by atoms with Gasteiger partial charge in [0.2, 0.25) is 0 Å². The van der Waals surface area contributed by atoms with Crippen molar-refractivity contribution < 1.29 is 0 Å².